The molecule has 130 valence electrons. The number of carbonyl (C=O) groups excluding carboxylic acids is 2. The van der Waals surface area contributed by atoms with Crippen molar-refractivity contribution in [1.82, 2.24) is 15.6 Å². The summed E-state index contributed by atoms with van der Waals surface area (Å²) in [5, 5.41) is 5.29. The zero-order valence-electron chi connectivity index (χ0n) is 14.8. The first-order valence-corrected chi connectivity index (χ1v) is 7.78. The van der Waals surface area contributed by atoms with Gasteiger partial charge in [0.25, 0.3) is 0 Å². The number of hydrogen-bond acceptors (Lipinski definition) is 5. The zero-order chi connectivity index (χ0) is 17.6. The monoisotopic (exact) mass is 325 g/mol. The van der Waals surface area contributed by atoms with Gasteiger partial charge >= 0.3 is 6.09 Å². The average molecular weight is 325 g/mol. The Morgan fingerprint density at radius 3 is 2.43 bits per heavy atom. The van der Waals surface area contributed by atoms with Crippen molar-refractivity contribution in [2.75, 3.05) is 6.54 Å². The number of aromatic nitrogens is 1. The second kappa shape index (κ2) is 7.99. The third kappa shape index (κ3) is 7.17. The molecule has 2 N–H and O–H groups in total. The third-order valence-electron chi connectivity index (χ3n) is 2.87. The van der Waals surface area contributed by atoms with Crippen molar-refractivity contribution in [1.29, 1.82) is 0 Å². The summed E-state index contributed by atoms with van der Waals surface area (Å²) >= 11 is 0. The van der Waals surface area contributed by atoms with Crippen LogP contribution in [0.15, 0.2) is 4.42 Å². The van der Waals surface area contributed by atoms with Crippen LogP contribution in [0.5, 0.6) is 0 Å². The Morgan fingerprint density at radius 2 is 1.91 bits per heavy atom. The molecule has 0 unspecified atom stereocenters. The number of ether oxygens (including phenoxy) is 1. The molecule has 1 aromatic rings. The standard InChI is InChI=1S/C16H27N3O4/c1-10(2)14-19-11(3)12(22-14)9-18-13(20)7-8-17-15(21)23-16(4,5)6/h10H,7-9H2,1-6H3,(H,17,21)(H,18,20). The van der Waals surface area contributed by atoms with Crippen LogP contribution in [0.3, 0.4) is 0 Å². The van der Waals surface area contributed by atoms with Gasteiger partial charge in [-0.1, -0.05) is 13.8 Å². The van der Waals surface area contributed by atoms with E-state index in [0.717, 1.165) is 5.69 Å². The predicted molar refractivity (Wildman–Crippen MR) is 86.0 cm³/mol. The van der Waals surface area contributed by atoms with Gasteiger partial charge in [-0.05, 0) is 27.7 Å². The number of nitrogens with one attached hydrogen (secondary N) is 2. The van der Waals surface area contributed by atoms with E-state index in [4.69, 9.17) is 9.15 Å². The number of rotatable bonds is 6. The fraction of sp³-hybridized carbons (Fsp3) is 0.688. The summed E-state index contributed by atoms with van der Waals surface area (Å²) in [6, 6.07) is 0. The van der Waals surface area contributed by atoms with Crippen molar-refractivity contribution in [2.45, 2.75) is 66.0 Å². The van der Waals surface area contributed by atoms with Crippen LogP contribution in [0.25, 0.3) is 0 Å². The van der Waals surface area contributed by atoms with Gasteiger partial charge in [-0.3, -0.25) is 4.79 Å². The molecule has 7 heteroatoms. The van der Waals surface area contributed by atoms with E-state index >= 15 is 0 Å². The molecule has 0 radical (unpaired) electrons. The molecule has 0 aromatic carbocycles. The lowest BCUT2D eigenvalue weighted by atomic mass is 10.2. The molecule has 0 aliphatic heterocycles. The molecule has 2 amide bonds. The van der Waals surface area contributed by atoms with Gasteiger partial charge in [-0.2, -0.15) is 0 Å². The highest BCUT2D eigenvalue weighted by molar-refractivity contribution is 5.77. The number of aryl methyl sites for hydroxylation is 1. The Morgan fingerprint density at radius 1 is 1.26 bits per heavy atom. The van der Waals surface area contributed by atoms with Crippen LogP contribution in [0, 0.1) is 6.92 Å². The highest BCUT2D eigenvalue weighted by Crippen LogP contribution is 2.17. The van der Waals surface area contributed by atoms with E-state index in [9.17, 15) is 9.59 Å². The van der Waals surface area contributed by atoms with Gasteiger partial charge in [0.05, 0.1) is 12.2 Å². The lowest BCUT2D eigenvalue weighted by Crippen LogP contribution is -2.35. The number of amides is 2. The largest absolute Gasteiger partial charge is 0.444 e. The fourth-order valence-electron chi connectivity index (χ4n) is 1.72. The summed E-state index contributed by atoms with van der Waals surface area (Å²) in [4.78, 5) is 27.5. The maximum Gasteiger partial charge on any atom is 0.407 e. The summed E-state index contributed by atoms with van der Waals surface area (Å²) in [6.07, 6.45) is -0.360. The lowest BCUT2D eigenvalue weighted by Gasteiger charge is -2.19. The van der Waals surface area contributed by atoms with Crippen molar-refractivity contribution >= 4 is 12.0 Å². The predicted octanol–water partition coefficient (Wildman–Crippen LogP) is 2.64. The highest BCUT2D eigenvalue weighted by Gasteiger charge is 2.16. The van der Waals surface area contributed by atoms with Crippen LogP contribution in [0.2, 0.25) is 0 Å². The molecule has 23 heavy (non-hydrogen) atoms. The van der Waals surface area contributed by atoms with Crippen molar-refractivity contribution in [3.8, 4) is 0 Å². The van der Waals surface area contributed by atoms with Crippen molar-refractivity contribution in [3.05, 3.63) is 17.3 Å². The average Bonchev–Trinajstić information content (AvgIpc) is 2.76. The SMILES string of the molecule is Cc1nc(C(C)C)oc1CNC(=O)CCNC(=O)OC(C)(C)C. The molecular formula is C16H27N3O4. The van der Waals surface area contributed by atoms with Gasteiger partial charge in [0.15, 0.2) is 5.89 Å². The molecule has 7 nitrogen and oxygen atoms in total. The maximum atomic E-state index is 11.8. The van der Waals surface area contributed by atoms with Crippen LogP contribution in [0.1, 0.15) is 64.3 Å². The van der Waals surface area contributed by atoms with Crippen molar-refractivity contribution < 1.29 is 18.7 Å². The van der Waals surface area contributed by atoms with E-state index in [-0.39, 0.29) is 31.3 Å². The summed E-state index contributed by atoms with van der Waals surface area (Å²) in [5.41, 5.74) is 0.227. The Bertz CT molecular complexity index is 544. The summed E-state index contributed by atoms with van der Waals surface area (Å²) in [6.45, 7) is 11.7. The first-order chi connectivity index (χ1) is 10.6. The molecule has 0 atom stereocenters. The number of carbonyl (C=O) groups is 2. The second-order valence-electron chi connectivity index (χ2n) is 6.67. The summed E-state index contributed by atoms with van der Waals surface area (Å²) < 4.78 is 10.7. The van der Waals surface area contributed by atoms with Crippen LogP contribution in [-0.2, 0) is 16.1 Å². The minimum Gasteiger partial charge on any atom is -0.444 e. The Balaban J connectivity index is 2.31. The summed E-state index contributed by atoms with van der Waals surface area (Å²) in [7, 11) is 0. The smallest absolute Gasteiger partial charge is 0.407 e. The first kappa shape index (κ1) is 19.0. The first-order valence-electron chi connectivity index (χ1n) is 7.78. The van der Waals surface area contributed by atoms with Gasteiger partial charge in [0, 0.05) is 18.9 Å². The zero-order valence-corrected chi connectivity index (χ0v) is 14.8. The van der Waals surface area contributed by atoms with E-state index in [0.29, 0.717) is 11.7 Å². The van der Waals surface area contributed by atoms with Gasteiger partial charge < -0.3 is 19.8 Å². The Hall–Kier alpha value is -2.05. The molecule has 0 saturated heterocycles. The van der Waals surface area contributed by atoms with E-state index in [1.165, 1.54) is 0 Å². The number of nitrogens with zero attached hydrogens (tertiary/aromatic N) is 1. The summed E-state index contributed by atoms with van der Waals surface area (Å²) in [5.74, 6) is 1.35. The molecule has 0 fully saturated rings. The normalized spacial score (nSPS) is 11.4. The van der Waals surface area contributed by atoms with E-state index in [1.807, 2.05) is 20.8 Å². The quantitative estimate of drug-likeness (QED) is 0.838. The maximum absolute atomic E-state index is 11.8. The molecule has 1 aromatic heterocycles. The minimum atomic E-state index is -0.551. The van der Waals surface area contributed by atoms with Crippen molar-refractivity contribution in [2.24, 2.45) is 0 Å². The highest BCUT2D eigenvalue weighted by atomic mass is 16.6. The molecule has 0 aliphatic rings. The van der Waals surface area contributed by atoms with Crippen LogP contribution >= 0.6 is 0 Å². The van der Waals surface area contributed by atoms with E-state index in [2.05, 4.69) is 15.6 Å². The number of oxazole rings is 1. The minimum absolute atomic E-state index is 0.170. The van der Waals surface area contributed by atoms with Crippen LogP contribution < -0.4 is 10.6 Å². The molecule has 0 bridgehead atoms. The van der Waals surface area contributed by atoms with Crippen molar-refractivity contribution in [3.63, 3.8) is 0 Å². The van der Waals surface area contributed by atoms with E-state index in [1.54, 1.807) is 20.8 Å². The molecule has 0 spiro atoms. The van der Waals surface area contributed by atoms with Crippen LogP contribution in [-0.4, -0.2) is 29.1 Å². The molecule has 0 aliphatic carbocycles. The lowest BCUT2D eigenvalue weighted by molar-refractivity contribution is -0.121. The Labute approximate surface area is 137 Å². The topological polar surface area (TPSA) is 93.5 Å². The Kier molecular flexibility index (Phi) is 6.60. The molecular weight excluding hydrogens is 298 g/mol. The van der Waals surface area contributed by atoms with Gasteiger partial charge in [-0.15, -0.1) is 0 Å². The van der Waals surface area contributed by atoms with Gasteiger partial charge in [-0.25, -0.2) is 9.78 Å². The molecule has 1 rings (SSSR count). The molecule has 0 saturated carbocycles. The number of hydrogen-bond donors (Lipinski definition) is 2. The fourth-order valence-corrected chi connectivity index (χ4v) is 1.72. The third-order valence-corrected chi connectivity index (χ3v) is 2.87. The van der Waals surface area contributed by atoms with Gasteiger partial charge in [0.2, 0.25) is 5.91 Å². The second-order valence-corrected chi connectivity index (χ2v) is 6.67. The number of alkyl carbamates (subject to hydrolysis) is 1. The van der Waals surface area contributed by atoms with Gasteiger partial charge in [0.1, 0.15) is 11.4 Å². The van der Waals surface area contributed by atoms with E-state index < -0.39 is 11.7 Å². The molecule has 1 heterocycles. The van der Waals surface area contributed by atoms with Crippen LogP contribution in [0.4, 0.5) is 4.79 Å².